The summed E-state index contributed by atoms with van der Waals surface area (Å²) >= 11 is 0. The highest BCUT2D eigenvalue weighted by Crippen LogP contribution is 2.24. The fourth-order valence-electron chi connectivity index (χ4n) is 3.36. The van der Waals surface area contributed by atoms with Crippen LogP contribution in [-0.2, 0) is 17.8 Å². The molecule has 0 atom stereocenters. The van der Waals surface area contributed by atoms with Crippen LogP contribution in [0.5, 0.6) is 0 Å². The molecule has 4 aromatic rings. The number of amides is 1. The molecule has 0 saturated heterocycles. The van der Waals surface area contributed by atoms with Crippen molar-refractivity contribution >= 4 is 27.8 Å². The number of hydrogen-bond acceptors (Lipinski definition) is 3. The number of nitrogens with one attached hydrogen (secondary N) is 2. The van der Waals surface area contributed by atoms with E-state index in [2.05, 4.69) is 20.6 Å². The summed E-state index contributed by atoms with van der Waals surface area (Å²) < 4.78 is 15.7. The number of halogens is 1. The maximum Gasteiger partial charge on any atom is 0.224 e. The quantitative estimate of drug-likeness (QED) is 0.516. The third kappa shape index (κ3) is 3.40. The third-order valence-electron chi connectivity index (χ3n) is 4.73. The van der Waals surface area contributed by atoms with E-state index in [-0.39, 0.29) is 18.1 Å². The number of fused-ring (bicyclic) bond motifs is 2. The van der Waals surface area contributed by atoms with Crippen LogP contribution in [-0.4, -0.2) is 32.4 Å². The number of carbonyl (C=O) groups excluding carboxylic acids is 1. The topological polar surface area (TPSA) is 75.6 Å². The first-order valence-electron chi connectivity index (χ1n) is 8.94. The minimum Gasteiger partial charge on any atom is -0.356 e. The van der Waals surface area contributed by atoms with E-state index in [0.29, 0.717) is 18.6 Å². The van der Waals surface area contributed by atoms with E-state index in [9.17, 15) is 9.18 Å². The van der Waals surface area contributed by atoms with Crippen LogP contribution in [0.2, 0.25) is 0 Å². The molecule has 1 amide bonds. The molecule has 0 spiro atoms. The van der Waals surface area contributed by atoms with Gasteiger partial charge in [0, 0.05) is 24.2 Å². The highest BCUT2D eigenvalue weighted by atomic mass is 19.1. The van der Waals surface area contributed by atoms with Crippen molar-refractivity contribution < 1.29 is 9.18 Å². The van der Waals surface area contributed by atoms with Gasteiger partial charge >= 0.3 is 0 Å². The Morgan fingerprint density at radius 2 is 2.07 bits per heavy atom. The van der Waals surface area contributed by atoms with Crippen molar-refractivity contribution in [2.75, 3.05) is 6.54 Å². The SMILES string of the molecule is Cc1[nH]c2c(F)cccc2c1CC(=O)NCCCn1nnc2ccccc21. The Labute approximate surface area is 155 Å². The van der Waals surface area contributed by atoms with Gasteiger partial charge in [0.25, 0.3) is 0 Å². The summed E-state index contributed by atoms with van der Waals surface area (Å²) in [4.78, 5) is 15.3. The number of carbonyl (C=O) groups is 1. The number of nitrogens with zero attached hydrogens (tertiary/aromatic N) is 3. The lowest BCUT2D eigenvalue weighted by Crippen LogP contribution is -2.27. The Balaban J connectivity index is 1.34. The average molecular weight is 365 g/mol. The minimum atomic E-state index is -0.303. The van der Waals surface area contributed by atoms with Gasteiger partial charge in [0.2, 0.25) is 5.91 Å². The summed E-state index contributed by atoms with van der Waals surface area (Å²) in [6.07, 6.45) is 0.974. The summed E-state index contributed by atoms with van der Waals surface area (Å²) in [7, 11) is 0. The van der Waals surface area contributed by atoms with Crippen LogP contribution < -0.4 is 5.32 Å². The molecule has 0 aliphatic carbocycles. The Bertz CT molecular complexity index is 1110. The molecule has 6 nitrogen and oxygen atoms in total. The largest absolute Gasteiger partial charge is 0.356 e. The van der Waals surface area contributed by atoms with Crippen molar-refractivity contribution in [2.45, 2.75) is 26.3 Å². The third-order valence-corrected chi connectivity index (χ3v) is 4.73. The minimum absolute atomic E-state index is 0.0771. The first-order chi connectivity index (χ1) is 13.1. The molecule has 2 heterocycles. The number of aromatic amines is 1. The lowest BCUT2D eigenvalue weighted by molar-refractivity contribution is -0.120. The summed E-state index contributed by atoms with van der Waals surface area (Å²) in [6, 6.07) is 12.7. The van der Waals surface area contributed by atoms with Gasteiger partial charge in [0.1, 0.15) is 11.3 Å². The van der Waals surface area contributed by atoms with Crippen LogP contribution in [0, 0.1) is 12.7 Å². The van der Waals surface area contributed by atoms with E-state index in [0.717, 1.165) is 34.1 Å². The van der Waals surface area contributed by atoms with E-state index < -0.39 is 0 Å². The average Bonchev–Trinajstić information content (AvgIpc) is 3.22. The molecule has 0 aliphatic heterocycles. The fraction of sp³-hybridized carbons (Fsp3) is 0.250. The lowest BCUT2D eigenvalue weighted by Gasteiger charge is -2.06. The van der Waals surface area contributed by atoms with Gasteiger partial charge in [-0.05, 0) is 37.1 Å². The second-order valence-electron chi connectivity index (χ2n) is 6.57. The normalized spacial score (nSPS) is 11.3. The predicted molar refractivity (Wildman–Crippen MR) is 102 cm³/mol. The summed E-state index contributed by atoms with van der Waals surface area (Å²) in [5, 5.41) is 12.0. The molecule has 0 aliphatic rings. The summed E-state index contributed by atoms with van der Waals surface area (Å²) in [5.41, 5.74) is 3.96. The number of hydrogen-bond donors (Lipinski definition) is 2. The lowest BCUT2D eigenvalue weighted by atomic mass is 10.1. The molecule has 4 rings (SSSR count). The van der Waals surface area contributed by atoms with Gasteiger partial charge in [-0.25, -0.2) is 9.07 Å². The molecule has 0 bridgehead atoms. The van der Waals surface area contributed by atoms with Crippen molar-refractivity contribution in [2.24, 2.45) is 0 Å². The molecule has 0 unspecified atom stereocenters. The van der Waals surface area contributed by atoms with Gasteiger partial charge in [-0.1, -0.05) is 29.5 Å². The van der Waals surface area contributed by atoms with Crippen LogP contribution in [0.3, 0.4) is 0 Å². The molecular formula is C20H20FN5O. The monoisotopic (exact) mass is 365 g/mol. The van der Waals surface area contributed by atoms with Gasteiger partial charge in [0.05, 0.1) is 17.5 Å². The fourth-order valence-corrected chi connectivity index (χ4v) is 3.36. The summed E-state index contributed by atoms with van der Waals surface area (Å²) in [5.74, 6) is -0.381. The zero-order valence-electron chi connectivity index (χ0n) is 15.0. The Kier molecular flexibility index (Phi) is 4.58. The Morgan fingerprint density at radius 3 is 2.96 bits per heavy atom. The zero-order valence-corrected chi connectivity index (χ0v) is 15.0. The maximum absolute atomic E-state index is 13.9. The van der Waals surface area contributed by atoms with Crippen LogP contribution in [0.25, 0.3) is 21.9 Å². The second-order valence-corrected chi connectivity index (χ2v) is 6.57. The van der Waals surface area contributed by atoms with Crippen molar-refractivity contribution in [1.29, 1.82) is 0 Å². The second kappa shape index (κ2) is 7.19. The number of aryl methyl sites for hydroxylation is 2. The zero-order chi connectivity index (χ0) is 18.8. The summed E-state index contributed by atoms with van der Waals surface area (Å²) in [6.45, 7) is 3.08. The Hall–Kier alpha value is -3.22. The Morgan fingerprint density at radius 1 is 1.22 bits per heavy atom. The van der Waals surface area contributed by atoms with Gasteiger partial charge in [-0.3, -0.25) is 4.79 Å². The van der Waals surface area contributed by atoms with E-state index >= 15 is 0 Å². The van der Waals surface area contributed by atoms with Crippen LogP contribution in [0.1, 0.15) is 17.7 Å². The van der Waals surface area contributed by atoms with Crippen molar-refractivity contribution in [3.63, 3.8) is 0 Å². The molecule has 2 N–H and O–H groups in total. The van der Waals surface area contributed by atoms with Crippen LogP contribution in [0.15, 0.2) is 42.5 Å². The molecule has 27 heavy (non-hydrogen) atoms. The van der Waals surface area contributed by atoms with Gasteiger partial charge in [0.15, 0.2) is 0 Å². The smallest absolute Gasteiger partial charge is 0.224 e. The highest BCUT2D eigenvalue weighted by Gasteiger charge is 2.14. The molecule has 7 heteroatoms. The number of rotatable bonds is 6. The van der Waals surface area contributed by atoms with E-state index in [4.69, 9.17) is 0 Å². The first kappa shape index (κ1) is 17.2. The van der Waals surface area contributed by atoms with Crippen LogP contribution >= 0.6 is 0 Å². The molecular weight excluding hydrogens is 345 g/mol. The molecule has 2 aromatic heterocycles. The number of aromatic nitrogens is 4. The molecule has 138 valence electrons. The van der Waals surface area contributed by atoms with Crippen molar-refractivity contribution in [3.05, 3.63) is 59.5 Å². The molecule has 0 fully saturated rings. The maximum atomic E-state index is 13.9. The van der Waals surface area contributed by atoms with E-state index in [1.165, 1.54) is 6.07 Å². The van der Waals surface area contributed by atoms with Crippen LogP contribution in [0.4, 0.5) is 4.39 Å². The number of benzene rings is 2. The van der Waals surface area contributed by atoms with Crippen molar-refractivity contribution in [3.8, 4) is 0 Å². The van der Waals surface area contributed by atoms with Crippen molar-refractivity contribution in [1.82, 2.24) is 25.3 Å². The van der Waals surface area contributed by atoms with E-state index in [1.54, 1.807) is 6.07 Å². The standard InChI is InChI=1S/C20H20FN5O/c1-13-15(14-6-4-7-16(21)20(14)23-13)12-19(27)22-10-5-11-26-18-9-3-2-8-17(18)24-25-26/h2-4,6-9,23H,5,10-12H2,1H3,(H,22,27). The van der Waals surface area contributed by atoms with Gasteiger partial charge in [-0.2, -0.15) is 0 Å². The number of para-hydroxylation sites is 2. The highest BCUT2D eigenvalue weighted by molar-refractivity contribution is 5.90. The molecule has 0 radical (unpaired) electrons. The molecule has 0 saturated carbocycles. The first-order valence-corrected chi connectivity index (χ1v) is 8.94. The predicted octanol–water partition coefficient (Wildman–Crippen LogP) is 3.11. The van der Waals surface area contributed by atoms with Gasteiger partial charge < -0.3 is 10.3 Å². The van der Waals surface area contributed by atoms with Gasteiger partial charge in [-0.15, -0.1) is 5.10 Å². The molecule has 2 aromatic carbocycles. The van der Waals surface area contributed by atoms with E-state index in [1.807, 2.05) is 41.9 Å². The number of H-pyrrole nitrogens is 1.